The summed E-state index contributed by atoms with van der Waals surface area (Å²) in [5.74, 6) is 2.05. The lowest BCUT2D eigenvalue weighted by Gasteiger charge is -2.12. The monoisotopic (exact) mass is 339 g/mol. The van der Waals surface area contributed by atoms with Crippen LogP contribution in [0.4, 0.5) is 0 Å². The highest BCUT2D eigenvalue weighted by Gasteiger charge is 2.11. The SMILES string of the molecule is COc1cccc(CCC(=O)NCc2nc3ccccc3[nH]2)c1OC. The third-order valence-corrected chi connectivity index (χ3v) is 4.00. The summed E-state index contributed by atoms with van der Waals surface area (Å²) in [6, 6.07) is 13.5. The summed E-state index contributed by atoms with van der Waals surface area (Å²) in [5, 5.41) is 2.89. The number of para-hydroxylation sites is 3. The molecule has 6 nitrogen and oxygen atoms in total. The summed E-state index contributed by atoms with van der Waals surface area (Å²) >= 11 is 0. The van der Waals surface area contributed by atoms with Gasteiger partial charge >= 0.3 is 0 Å². The smallest absolute Gasteiger partial charge is 0.220 e. The molecule has 0 atom stereocenters. The lowest BCUT2D eigenvalue weighted by atomic mass is 10.1. The average Bonchev–Trinajstić information content (AvgIpc) is 3.07. The molecule has 6 heteroatoms. The number of aromatic amines is 1. The molecule has 0 saturated heterocycles. The van der Waals surface area contributed by atoms with E-state index in [2.05, 4.69) is 15.3 Å². The van der Waals surface area contributed by atoms with Gasteiger partial charge in [-0.25, -0.2) is 4.98 Å². The second-order valence-electron chi connectivity index (χ2n) is 5.63. The summed E-state index contributed by atoms with van der Waals surface area (Å²) in [6.07, 6.45) is 0.941. The molecule has 1 heterocycles. The van der Waals surface area contributed by atoms with Crippen LogP contribution in [0.2, 0.25) is 0 Å². The Morgan fingerprint density at radius 2 is 1.96 bits per heavy atom. The van der Waals surface area contributed by atoms with Gasteiger partial charge in [-0.3, -0.25) is 4.79 Å². The van der Waals surface area contributed by atoms with Gasteiger partial charge in [-0.1, -0.05) is 24.3 Å². The van der Waals surface area contributed by atoms with Gasteiger partial charge in [-0.2, -0.15) is 0 Å². The second-order valence-corrected chi connectivity index (χ2v) is 5.63. The highest BCUT2D eigenvalue weighted by molar-refractivity contribution is 5.77. The fourth-order valence-corrected chi connectivity index (χ4v) is 2.76. The van der Waals surface area contributed by atoms with E-state index >= 15 is 0 Å². The van der Waals surface area contributed by atoms with Crippen molar-refractivity contribution in [3.8, 4) is 11.5 Å². The van der Waals surface area contributed by atoms with Crippen molar-refractivity contribution in [3.63, 3.8) is 0 Å². The Labute approximate surface area is 146 Å². The van der Waals surface area contributed by atoms with Crippen LogP contribution in [-0.2, 0) is 17.8 Å². The third kappa shape index (κ3) is 3.91. The van der Waals surface area contributed by atoms with Gasteiger partial charge in [0.1, 0.15) is 5.82 Å². The first-order valence-electron chi connectivity index (χ1n) is 8.11. The van der Waals surface area contributed by atoms with Crippen LogP contribution in [0.1, 0.15) is 17.8 Å². The zero-order valence-electron chi connectivity index (χ0n) is 14.3. The molecule has 0 radical (unpaired) electrons. The normalized spacial score (nSPS) is 10.6. The number of hydrogen-bond acceptors (Lipinski definition) is 4. The number of fused-ring (bicyclic) bond motifs is 1. The van der Waals surface area contributed by atoms with Gasteiger partial charge in [-0.05, 0) is 30.2 Å². The highest BCUT2D eigenvalue weighted by atomic mass is 16.5. The summed E-state index contributed by atoms with van der Waals surface area (Å²) in [7, 11) is 3.20. The Morgan fingerprint density at radius 1 is 1.12 bits per heavy atom. The second kappa shape index (κ2) is 7.70. The largest absolute Gasteiger partial charge is 0.493 e. The standard InChI is InChI=1S/C19H21N3O3/c1-24-16-9-5-6-13(19(16)25-2)10-11-18(23)20-12-17-21-14-7-3-4-8-15(14)22-17/h3-9H,10-12H2,1-2H3,(H,20,23)(H,21,22). The van der Waals surface area contributed by atoms with Gasteiger partial charge < -0.3 is 19.8 Å². The fourth-order valence-electron chi connectivity index (χ4n) is 2.76. The van der Waals surface area contributed by atoms with Crippen molar-refractivity contribution in [1.82, 2.24) is 15.3 Å². The van der Waals surface area contributed by atoms with E-state index < -0.39 is 0 Å². The first-order chi connectivity index (χ1) is 12.2. The van der Waals surface area contributed by atoms with Crippen molar-refractivity contribution in [1.29, 1.82) is 0 Å². The third-order valence-electron chi connectivity index (χ3n) is 4.00. The molecule has 0 unspecified atom stereocenters. The van der Waals surface area contributed by atoms with Crippen molar-refractivity contribution in [2.75, 3.05) is 14.2 Å². The molecule has 2 aromatic carbocycles. The van der Waals surface area contributed by atoms with Crippen molar-refractivity contribution in [2.24, 2.45) is 0 Å². The van der Waals surface area contributed by atoms with Crippen molar-refractivity contribution >= 4 is 16.9 Å². The van der Waals surface area contributed by atoms with E-state index in [1.807, 2.05) is 42.5 Å². The number of ether oxygens (including phenoxy) is 2. The Balaban J connectivity index is 1.56. The molecule has 2 N–H and O–H groups in total. The van der Waals surface area contributed by atoms with E-state index in [9.17, 15) is 4.79 Å². The van der Waals surface area contributed by atoms with Gasteiger partial charge in [0.2, 0.25) is 5.91 Å². The molecule has 3 aromatic rings. The number of amides is 1. The minimum atomic E-state index is -0.0367. The van der Waals surface area contributed by atoms with Gasteiger partial charge in [0.15, 0.2) is 11.5 Å². The van der Waals surface area contributed by atoms with Crippen LogP contribution in [0, 0.1) is 0 Å². The molecule has 1 aromatic heterocycles. The number of carbonyl (C=O) groups excluding carboxylic acids is 1. The van der Waals surface area contributed by atoms with E-state index in [-0.39, 0.29) is 5.91 Å². The fraction of sp³-hybridized carbons (Fsp3) is 0.263. The quantitative estimate of drug-likeness (QED) is 0.694. The first-order valence-corrected chi connectivity index (χ1v) is 8.11. The highest BCUT2D eigenvalue weighted by Crippen LogP contribution is 2.31. The molecule has 3 rings (SSSR count). The van der Waals surface area contributed by atoms with Crippen LogP contribution in [0.3, 0.4) is 0 Å². The molecule has 0 bridgehead atoms. The van der Waals surface area contributed by atoms with Crippen molar-refractivity contribution in [2.45, 2.75) is 19.4 Å². The summed E-state index contributed by atoms with van der Waals surface area (Å²) in [4.78, 5) is 19.8. The zero-order chi connectivity index (χ0) is 17.6. The number of imidazole rings is 1. The van der Waals surface area contributed by atoms with Crippen LogP contribution in [0.5, 0.6) is 11.5 Å². The van der Waals surface area contributed by atoms with E-state index in [1.54, 1.807) is 14.2 Å². The number of carbonyl (C=O) groups is 1. The summed E-state index contributed by atoms with van der Waals surface area (Å²) in [6.45, 7) is 0.378. The lowest BCUT2D eigenvalue weighted by Crippen LogP contribution is -2.23. The minimum absolute atomic E-state index is 0.0367. The number of nitrogens with one attached hydrogen (secondary N) is 2. The van der Waals surface area contributed by atoms with Gasteiger partial charge in [0, 0.05) is 6.42 Å². The molecular weight excluding hydrogens is 318 g/mol. The number of hydrogen-bond donors (Lipinski definition) is 2. The number of nitrogens with zero attached hydrogens (tertiary/aromatic N) is 1. The number of aromatic nitrogens is 2. The number of methoxy groups -OCH3 is 2. The number of aryl methyl sites for hydroxylation is 1. The molecule has 0 aliphatic heterocycles. The van der Waals surface area contributed by atoms with Crippen LogP contribution >= 0.6 is 0 Å². The first kappa shape index (κ1) is 16.8. The molecular formula is C19H21N3O3. The zero-order valence-corrected chi connectivity index (χ0v) is 14.3. The maximum absolute atomic E-state index is 12.1. The van der Waals surface area contributed by atoms with E-state index in [1.165, 1.54) is 0 Å². The molecule has 0 saturated carbocycles. The van der Waals surface area contributed by atoms with E-state index in [4.69, 9.17) is 9.47 Å². The number of benzene rings is 2. The Kier molecular flexibility index (Phi) is 5.18. The maximum Gasteiger partial charge on any atom is 0.220 e. The van der Waals surface area contributed by atoms with Gasteiger partial charge in [0.05, 0.1) is 31.8 Å². The molecule has 130 valence electrons. The minimum Gasteiger partial charge on any atom is -0.493 e. The molecule has 0 fully saturated rings. The molecule has 1 amide bonds. The van der Waals surface area contributed by atoms with E-state index in [0.717, 1.165) is 22.4 Å². The van der Waals surface area contributed by atoms with Gasteiger partial charge in [-0.15, -0.1) is 0 Å². The van der Waals surface area contributed by atoms with Crippen LogP contribution in [-0.4, -0.2) is 30.1 Å². The van der Waals surface area contributed by atoms with Gasteiger partial charge in [0.25, 0.3) is 0 Å². The van der Waals surface area contributed by atoms with Crippen LogP contribution in [0.25, 0.3) is 11.0 Å². The number of H-pyrrole nitrogens is 1. The lowest BCUT2D eigenvalue weighted by molar-refractivity contribution is -0.121. The number of rotatable bonds is 7. The van der Waals surface area contributed by atoms with Crippen LogP contribution < -0.4 is 14.8 Å². The maximum atomic E-state index is 12.1. The van der Waals surface area contributed by atoms with E-state index in [0.29, 0.717) is 30.9 Å². The van der Waals surface area contributed by atoms with Crippen molar-refractivity contribution < 1.29 is 14.3 Å². The molecule has 0 aliphatic rings. The van der Waals surface area contributed by atoms with Crippen molar-refractivity contribution in [3.05, 3.63) is 53.9 Å². The topological polar surface area (TPSA) is 76.2 Å². The molecule has 0 aliphatic carbocycles. The molecule has 25 heavy (non-hydrogen) atoms. The Morgan fingerprint density at radius 3 is 2.72 bits per heavy atom. The predicted molar refractivity (Wildman–Crippen MR) is 95.8 cm³/mol. The Hall–Kier alpha value is -3.02. The average molecular weight is 339 g/mol. The predicted octanol–water partition coefficient (Wildman–Crippen LogP) is 2.83. The summed E-state index contributed by atoms with van der Waals surface area (Å²) in [5.41, 5.74) is 2.81. The van der Waals surface area contributed by atoms with Crippen LogP contribution in [0.15, 0.2) is 42.5 Å². The summed E-state index contributed by atoms with van der Waals surface area (Å²) < 4.78 is 10.7. The Bertz CT molecular complexity index is 840. The molecule has 0 spiro atoms.